The third-order valence-electron chi connectivity index (χ3n) is 4.88. The Morgan fingerprint density at radius 2 is 1.93 bits per heavy atom. The van der Waals surface area contributed by atoms with Crippen LogP contribution in [0.5, 0.6) is 11.5 Å². The first kappa shape index (κ1) is 22.3. The molecule has 1 heterocycles. The molecule has 1 aliphatic rings. The van der Waals surface area contributed by atoms with Gasteiger partial charge >= 0.3 is 0 Å². The van der Waals surface area contributed by atoms with Crippen LogP contribution in [-0.4, -0.2) is 43.3 Å². The standard InChI is InChI=1S/C22H23BrFNO5/c1-28-18-8-3-13(9-19(18)29-2)11-25-22(27)20-16(17(26)10-23)12-30-21(20)14-4-6-15(24)7-5-14/h3-9,17,21,26H,10-12H2,1-2H3,(H,25,27). The van der Waals surface area contributed by atoms with Gasteiger partial charge in [-0.25, -0.2) is 4.39 Å². The molecule has 1 amide bonds. The summed E-state index contributed by atoms with van der Waals surface area (Å²) in [5.74, 6) is 0.429. The molecular weight excluding hydrogens is 457 g/mol. The molecule has 2 N–H and O–H groups in total. The molecule has 8 heteroatoms. The van der Waals surface area contributed by atoms with Crippen LogP contribution in [0.2, 0.25) is 0 Å². The number of halogens is 2. The van der Waals surface area contributed by atoms with E-state index < -0.39 is 12.2 Å². The van der Waals surface area contributed by atoms with Crippen LogP contribution in [0.25, 0.3) is 0 Å². The predicted octanol–water partition coefficient (Wildman–Crippen LogP) is 3.28. The maximum atomic E-state index is 13.3. The second-order valence-corrected chi connectivity index (χ2v) is 7.37. The highest BCUT2D eigenvalue weighted by atomic mass is 79.9. The van der Waals surface area contributed by atoms with Crippen molar-refractivity contribution < 1.29 is 28.5 Å². The first-order valence-corrected chi connectivity index (χ1v) is 10.4. The molecule has 2 aromatic carbocycles. The first-order chi connectivity index (χ1) is 14.5. The maximum Gasteiger partial charge on any atom is 0.250 e. The minimum Gasteiger partial charge on any atom is -0.493 e. The number of alkyl halides is 1. The molecule has 0 saturated carbocycles. The van der Waals surface area contributed by atoms with Gasteiger partial charge in [-0.1, -0.05) is 34.1 Å². The van der Waals surface area contributed by atoms with E-state index >= 15 is 0 Å². The Morgan fingerprint density at radius 1 is 1.23 bits per heavy atom. The summed E-state index contributed by atoms with van der Waals surface area (Å²) in [5.41, 5.74) is 2.31. The second-order valence-electron chi connectivity index (χ2n) is 6.72. The third kappa shape index (κ3) is 4.83. The highest BCUT2D eigenvalue weighted by Crippen LogP contribution is 2.36. The van der Waals surface area contributed by atoms with Crippen molar-refractivity contribution in [1.29, 1.82) is 0 Å². The van der Waals surface area contributed by atoms with Crippen molar-refractivity contribution in [2.24, 2.45) is 0 Å². The molecule has 6 nitrogen and oxygen atoms in total. The summed E-state index contributed by atoms with van der Waals surface area (Å²) in [6, 6.07) is 11.2. The van der Waals surface area contributed by atoms with Crippen molar-refractivity contribution in [2.75, 3.05) is 26.2 Å². The number of hydrogen-bond donors (Lipinski definition) is 2. The molecule has 30 heavy (non-hydrogen) atoms. The van der Waals surface area contributed by atoms with Crippen molar-refractivity contribution >= 4 is 21.8 Å². The van der Waals surface area contributed by atoms with Gasteiger partial charge in [-0.2, -0.15) is 0 Å². The number of amides is 1. The fourth-order valence-electron chi connectivity index (χ4n) is 3.30. The zero-order valence-corrected chi connectivity index (χ0v) is 18.2. The molecule has 0 bridgehead atoms. The van der Waals surface area contributed by atoms with E-state index in [2.05, 4.69) is 21.2 Å². The van der Waals surface area contributed by atoms with Crippen molar-refractivity contribution in [1.82, 2.24) is 5.32 Å². The maximum absolute atomic E-state index is 13.3. The lowest BCUT2D eigenvalue weighted by Crippen LogP contribution is -2.28. The Morgan fingerprint density at radius 3 is 2.57 bits per heavy atom. The zero-order chi connectivity index (χ0) is 21.7. The van der Waals surface area contributed by atoms with Crippen LogP contribution in [0.3, 0.4) is 0 Å². The molecular formula is C22H23BrFNO5. The van der Waals surface area contributed by atoms with Gasteiger partial charge in [0, 0.05) is 11.9 Å². The van der Waals surface area contributed by atoms with E-state index in [9.17, 15) is 14.3 Å². The van der Waals surface area contributed by atoms with Crippen LogP contribution in [0.1, 0.15) is 17.2 Å². The number of benzene rings is 2. The summed E-state index contributed by atoms with van der Waals surface area (Å²) < 4.78 is 29.6. The summed E-state index contributed by atoms with van der Waals surface area (Å²) in [6.07, 6.45) is -1.54. The molecule has 0 radical (unpaired) electrons. The van der Waals surface area contributed by atoms with Crippen LogP contribution in [0.4, 0.5) is 4.39 Å². The van der Waals surface area contributed by atoms with Gasteiger partial charge in [0.15, 0.2) is 11.5 Å². The fourth-order valence-corrected chi connectivity index (χ4v) is 3.70. The molecule has 2 aromatic rings. The van der Waals surface area contributed by atoms with Gasteiger partial charge in [-0.05, 0) is 41.0 Å². The zero-order valence-electron chi connectivity index (χ0n) is 16.7. The Hall–Kier alpha value is -2.42. The first-order valence-electron chi connectivity index (χ1n) is 9.31. The number of ether oxygens (including phenoxy) is 3. The molecule has 0 aromatic heterocycles. The van der Waals surface area contributed by atoms with Gasteiger partial charge in [0.2, 0.25) is 0 Å². The van der Waals surface area contributed by atoms with E-state index in [0.717, 1.165) is 5.56 Å². The number of rotatable bonds is 8. The minimum atomic E-state index is -0.864. The van der Waals surface area contributed by atoms with Gasteiger partial charge in [0.05, 0.1) is 32.5 Å². The van der Waals surface area contributed by atoms with E-state index in [0.29, 0.717) is 28.2 Å². The van der Waals surface area contributed by atoms with Crippen LogP contribution < -0.4 is 14.8 Å². The van der Waals surface area contributed by atoms with Crippen LogP contribution >= 0.6 is 15.9 Å². The van der Waals surface area contributed by atoms with Crippen molar-refractivity contribution in [3.05, 3.63) is 70.6 Å². The molecule has 0 aliphatic carbocycles. The highest BCUT2D eigenvalue weighted by Gasteiger charge is 2.35. The lowest BCUT2D eigenvalue weighted by molar-refractivity contribution is -0.118. The van der Waals surface area contributed by atoms with Gasteiger partial charge in [-0.3, -0.25) is 4.79 Å². The number of aliphatic hydroxyl groups is 1. The summed E-state index contributed by atoms with van der Waals surface area (Å²) >= 11 is 3.25. The summed E-state index contributed by atoms with van der Waals surface area (Å²) in [7, 11) is 3.10. The van der Waals surface area contributed by atoms with E-state index in [1.807, 2.05) is 6.07 Å². The van der Waals surface area contributed by atoms with Crippen LogP contribution in [0.15, 0.2) is 53.6 Å². The van der Waals surface area contributed by atoms with Crippen molar-refractivity contribution in [3.63, 3.8) is 0 Å². The van der Waals surface area contributed by atoms with E-state index in [1.165, 1.54) is 12.1 Å². The molecule has 1 aliphatic heterocycles. The monoisotopic (exact) mass is 479 g/mol. The molecule has 2 atom stereocenters. The number of carbonyl (C=O) groups is 1. The molecule has 2 unspecified atom stereocenters. The molecule has 0 fully saturated rings. The summed E-state index contributed by atoms with van der Waals surface area (Å²) in [6.45, 7) is 0.366. The van der Waals surface area contributed by atoms with Crippen LogP contribution in [0, 0.1) is 5.82 Å². The van der Waals surface area contributed by atoms with Gasteiger partial charge in [0.25, 0.3) is 5.91 Å². The normalized spacial score (nSPS) is 17.0. The molecule has 0 spiro atoms. The predicted molar refractivity (Wildman–Crippen MR) is 113 cm³/mol. The highest BCUT2D eigenvalue weighted by molar-refractivity contribution is 9.09. The Balaban J connectivity index is 1.83. The summed E-state index contributed by atoms with van der Waals surface area (Å²) in [4.78, 5) is 13.1. The number of methoxy groups -OCH3 is 2. The van der Waals surface area contributed by atoms with Crippen LogP contribution in [-0.2, 0) is 16.1 Å². The van der Waals surface area contributed by atoms with E-state index in [-0.39, 0.29) is 30.2 Å². The quantitative estimate of drug-likeness (QED) is 0.568. The van der Waals surface area contributed by atoms with Gasteiger partial charge in [-0.15, -0.1) is 0 Å². The lowest BCUT2D eigenvalue weighted by atomic mass is 9.96. The Bertz CT molecular complexity index is 932. The Labute approximate surface area is 182 Å². The number of aliphatic hydroxyl groups excluding tert-OH is 1. The van der Waals surface area contributed by atoms with Gasteiger partial charge < -0.3 is 24.6 Å². The largest absolute Gasteiger partial charge is 0.493 e. The topological polar surface area (TPSA) is 77.0 Å². The number of carbonyl (C=O) groups excluding carboxylic acids is 1. The second kappa shape index (κ2) is 10.1. The average Bonchev–Trinajstić information content (AvgIpc) is 3.22. The minimum absolute atomic E-state index is 0.119. The van der Waals surface area contributed by atoms with E-state index in [1.54, 1.807) is 38.5 Å². The number of nitrogens with one attached hydrogen (secondary N) is 1. The number of hydrogen-bond acceptors (Lipinski definition) is 5. The average molecular weight is 480 g/mol. The van der Waals surface area contributed by atoms with Gasteiger partial charge in [0.1, 0.15) is 11.9 Å². The fraction of sp³-hybridized carbons (Fsp3) is 0.318. The smallest absolute Gasteiger partial charge is 0.250 e. The molecule has 160 valence electrons. The van der Waals surface area contributed by atoms with Crippen molar-refractivity contribution in [2.45, 2.75) is 18.8 Å². The Kier molecular flexibility index (Phi) is 7.47. The SMILES string of the molecule is COc1ccc(CNC(=O)C2=C(C(O)CBr)COC2c2ccc(F)cc2)cc1OC. The van der Waals surface area contributed by atoms with Crippen molar-refractivity contribution in [3.8, 4) is 11.5 Å². The molecule has 3 rings (SSSR count). The van der Waals surface area contributed by atoms with E-state index in [4.69, 9.17) is 14.2 Å². The lowest BCUT2D eigenvalue weighted by Gasteiger charge is -2.17. The molecule has 0 saturated heterocycles. The summed E-state index contributed by atoms with van der Waals surface area (Å²) in [5, 5.41) is 13.5. The third-order valence-corrected chi connectivity index (χ3v) is 5.49.